The van der Waals surface area contributed by atoms with Gasteiger partial charge in [-0.25, -0.2) is 4.98 Å². The summed E-state index contributed by atoms with van der Waals surface area (Å²) < 4.78 is 7.86. The van der Waals surface area contributed by atoms with Crippen LogP contribution in [-0.2, 0) is 13.6 Å². The summed E-state index contributed by atoms with van der Waals surface area (Å²) in [5.41, 5.74) is 7.49. The van der Waals surface area contributed by atoms with Gasteiger partial charge in [0.15, 0.2) is 0 Å². The molecule has 0 radical (unpaired) electrons. The monoisotopic (exact) mass is 272 g/mol. The normalized spacial score (nSPS) is 21.6. The van der Waals surface area contributed by atoms with E-state index in [9.17, 15) is 0 Å². The molecule has 1 aromatic heterocycles. The number of likely N-dealkylation sites (N-methyl/N-ethyl adjacent to an activating group) is 1. The van der Waals surface area contributed by atoms with Gasteiger partial charge in [0, 0.05) is 25.0 Å². The maximum atomic E-state index is 6.41. The predicted octanol–water partition coefficient (Wildman–Crippen LogP) is 1.31. The zero-order chi connectivity index (χ0) is 14.1. The Kier molecular flexibility index (Phi) is 3.46. The smallest absolute Gasteiger partial charge is 0.124 e. The van der Waals surface area contributed by atoms with Crippen LogP contribution in [0.2, 0.25) is 0 Å². The molecule has 3 rings (SSSR count). The van der Waals surface area contributed by atoms with E-state index in [0.29, 0.717) is 6.61 Å². The third-order valence-electron chi connectivity index (χ3n) is 3.98. The van der Waals surface area contributed by atoms with Crippen LogP contribution in [0.4, 0.5) is 0 Å². The number of nitrogens with zero attached hydrogens (tertiary/aromatic N) is 3. The highest BCUT2D eigenvalue weighted by atomic mass is 16.5. The molecule has 106 valence electrons. The van der Waals surface area contributed by atoms with Crippen LogP contribution < -0.4 is 10.5 Å². The highest BCUT2D eigenvalue weighted by Crippen LogP contribution is 2.32. The van der Waals surface area contributed by atoms with Crippen LogP contribution in [0, 0.1) is 0 Å². The molecule has 0 amide bonds. The molecule has 2 heterocycles. The number of aromatic nitrogens is 2. The second-order valence-corrected chi connectivity index (χ2v) is 5.31. The number of para-hydroxylation sites is 1. The summed E-state index contributed by atoms with van der Waals surface area (Å²) in [4.78, 5) is 6.57. The zero-order valence-electron chi connectivity index (χ0n) is 11.9. The fraction of sp³-hybridized carbons (Fsp3) is 0.400. The molecule has 0 saturated carbocycles. The van der Waals surface area contributed by atoms with E-state index in [-0.39, 0.29) is 12.1 Å². The van der Waals surface area contributed by atoms with Crippen LogP contribution in [0.3, 0.4) is 0 Å². The molecule has 5 nitrogen and oxygen atoms in total. The van der Waals surface area contributed by atoms with Crippen molar-refractivity contribution in [3.63, 3.8) is 0 Å². The van der Waals surface area contributed by atoms with E-state index in [1.54, 1.807) is 0 Å². The average molecular weight is 272 g/mol. The maximum absolute atomic E-state index is 6.41. The summed E-state index contributed by atoms with van der Waals surface area (Å²) in [5.74, 6) is 1.93. The van der Waals surface area contributed by atoms with Crippen molar-refractivity contribution in [2.24, 2.45) is 12.8 Å². The number of hydrogen-bond acceptors (Lipinski definition) is 4. The Morgan fingerprint density at radius 1 is 1.45 bits per heavy atom. The van der Waals surface area contributed by atoms with Crippen molar-refractivity contribution in [2.45, 2.75) is 18.6 Å². The van der Waals surface area contributed by atoms with Crippen LogP contribution in [0.15, 0.2) is 36.7 Å². The molecule has 0 aliphatic carbocycles. The molecule has 1 aliphatic heterocycles. The van der Waals surface area contributed by atoms with Crippen molar-refractivity contribution in [3.05, 3.63) is 48.0 Å². The highest BCUT2D eigenvalue weighted by Gasteiger charge is 2.31. The first kappa shape index (κ1) is 13.1. The fourth-order valence-electron chi connectivity index (χ4n) is 2.66. The number of ether oxygens (including phenoxy) is 1. The summed E-state index contributed by atoms with van der Waals surface area (Å²) in [6.45, 7) is 1.37. The molecule has 0 fully saturated rings. The Balaban J connectivity index is 1.77. The summed E-state index contributed by atoms with van der Waals surface area (Å²) in [5, 5.41) is 0. The van der Waals surface area contributed by atoms with E-state index in [2.05, 4.69) is 16.9 Å². The summed E-state index contributed by atoms with van der Waals surface area (Å²) in [6.07, 6.45) is 3.77. The molecule has 5 heteroatoms. The lowest BCUT2D eigenvalue weighted by Gasteiger charge is -2.36. The second-order valence-electron chi connectivity index (χ2n) is 5.31. The number of nitrogens with two attached hydrogens (primary N) is 1. The fourth-order valence-corrected chi connectivity index (χ4v) is 2.66. The van der Waals surface area contributed by atoms with E-state index in [1.807, 2.05) is 48.3 Å². The van der Waals surface area contributed by atoms with Gasteiger partial charge in [-0.2, -0.15) is 0 Å². The molecule has 0 bridgehead atoms. The summed E-state index contributed by atoms with van der Waals surface area (Å²) >= 11 is 0. The second kappa shape index (κ2) is 5.26. The van der Waals surface area contributed by atoms with Crippen LogP contribution >= 0.6 is 0 Å². The van der Waals surface area contributed by atoms with E-state index >= 15 is 0 Å². The summed E-state index contributed by atoms with van der Waals surface area (Å²) in [6, 6.07) is 8.12. The van der Waals surface area contributed by atoms with Gasteiger partial charge in [0.1, 0.15) is 18.2 Å². The third kappa shape index (κ3) is 2.30. The van der Waals surface area contributed by atoms with Crippen molar-refractivity contribution in [1.82, 2.24) is 14.5 Å². The average Bonchev–Trinajstić information content (AvgIpc) is 2.85. The van der Waals surface area contributed by atoms with Gasteiger partial charge in [-0.3, -0.25) is 4.90 Å². The van der Waals surface area contributed by atoms with E-state index < -0.39 is 0 Å². The number of aryl methyl sites for hydroxylation is 1. The molecule has 1 aromatic carbocycles. The minimum absolute atomic E-state index is 0.0368. The van der Waals surface area contributed by atoms with Gasteiger partial charge in [-0.05, 0) is 13.1 Å². The van der Waals surface area contributed by atoms with Gasteiger partial charge in [0.05, 0.1) is 18.6 Å². The Morgan fingerprint density at radius 3 is 3.00 bits per heavy atom. The molecule has 2 atom stereocenters. The Hall–Kier alpha value is -1.85. The quantitative estimate of drug-likeness (QED) is 0.915. The molecule has 0 spiro atoms. The van der Waals surface area contributed by atoms with Gasteiger partial charge in [0.2, 0.25) is 0 Å². The number of hydrogen-bond donors (Lipinski definition) is 1. The minimum atomic E-state index is -0.0368. The molecule has 1 aliphatic rings. The van der Waals surface area contributed by atoms with Gasteiger partial charge in [0.25, 0.3) is 0 Å². The van der Waals surface area contributed by atoms with Crippen LogP contribution in [0.25, 0.3) is 0 Å². The minimum Gasteiger partial charge on any atom is -0.492 e. The highest BCUT2D eigenvalue weighted by molar-refractivity contribution is 5.38. The zero-order valence-corrected chi connectivity index (χ0v) is 11.9. The molecule has 20 heavy (non-hydrogen) atoms. The van der Waals surface area contributed by atoms with Crippen molar-refractivity contribution >= 4 is 0 Å². The van der Waals surface area contributed by atoms with Crippen molar-refractivity contribution in [1.29, 1.82) is 0 Å². The lowest BCUT2D eigenvalue weighted by Crippen LogP contribution is -2.46. The van der Waals surface area contributed by atoms with Gasteiger partial charge in [-0.1, -0.05) is 18.2 Å². The van der Waals surface area contributed by atoms with Crippen molar-refractivity contribution in [3.8, 4) is 5.75 Å². The topological polar surface area (TPSA) is 56.3 Å². The number of imidazole rings is 1. The molecule has 2 unspecified atom stereocenters. The Bertz CT molecular complexity index is 595. The predicted molar refractivity (Wildman–Crippen MR) is 77.3 cm³/mol. The SMILES string of the molecule is CN(Cc1nccn1C)C1COc2ccccc2C1N. The molecule has 2 aromatic rings. The Labute approximate surface area is 119 Å². The first-order valence-electron chi connectivity index (χ1n) is 6.80. The van der Waals surface area contributed by atoms with Gasteiger partial charge in [-0.15, -0.1) is 0 Å². The molecular weight excluding hydrogens is 252 g/mol. The van der Waals surface area contributed by atoms with Crippen LogP contribution in [-0.4, -0.2) is 34.1 Å². The van der Waals surface area contributed by atoms with E-state index in [0.717, 1.165) is 23.7 Å². The molecule has 2 N–H and O–H groups in total. The lowest BCUT2D eigenvalue weighted by atomic mass is 9.96. The van der Waals surface area contributed by atoms with Crippen molar-refractivity contribution in [2.75, 3.05) is 13.7 Å². The van der Waals surface area contributed by atoms with Crippen molar-refractivity contribution < 1.29 is 4.74 Å². The number of fused-ring (bicyclic) bond motifs is 1. The van der Waals surface area contributed by atoms with E-state index in [1.165, 1.54) is 0 Å². The maximum Gasteiger partial charge on any atom is 0.124 e. The first-order valence-corrected chi connectivity index (χ1v) is 6.80. The van der Waals surface area contributed by atoms with Crippen LogP contribution in [0.1, 0.15) is 17.4 Å². The molecular formula is C15H20N4O. The lowest BCUT2D eigenvalue weighted by molar-refractivity contribution is 0.111. The number of rotatable bonds is 3. The first-order chi connectivity index (χ1) is 9.66. The number of benzene rings is 1. The van der Waals surface area contributed by atoms with Gasteiger partial charge >= 0.3 is 0 Å². The summed E-state index contributed by atoms with van der Waals surface area (Å²) in [7, 11) is 4.07. The Morgan fingerprint density at radius 2 is 2.25 bits per heavy atom. The standard InChI is InChI=1S/C15H20N4O/c1-18-8-7-17-14(18)9-19(2)12-10-20-13-6-4-3-5-11(13)15(12)16/h3-8,12,15H,9-10,16H2,1-2H3. The van der Waals surface area contributed by atoms with Crippen LogP contribution in [0.5, 0.6) is 5.75 Å². The van der Waals surface area contributed by atoms with E-state index in [4.69, 9.17) is 10.5 Å². The largest absolute Gasteiger partial charge is 0.492 e. The van der Waals surface area contributed by atoms with Gasteiger partial charge < -0.3 is 15.0 Å². The third-order valence-corrected chi connectivity index (χ3v) is 3.98. The molecule has 0 saturated heterocycles.